The largest absolute Gasteiger partial charge is 0.288 e. The summed E-state index contributed by atoms with van der Waals surface area (Å²) in [6.07, 6.45) is 9.30. The molecule has 0 radical (unpaired) electrons. The van der Waals surface area contributed by atoms with Gasteiger partial charge in [0.25, 0.3) is 0 Å². The summed E-state index contributed by atoms with van der Waals surface area (Å²) in [7, 11) is 0. The highest BCUT2D eigenvalue weighted by molar-refractivity contribution is 8.14. The lowest BCUT2D eigenvalue weighted by Gasteiger charge is -2.17. The van der Waals surface area contributed by atoms with Gasteiger partial charge in [0.1, 0.15) is 0 Å². The van der Waals surface area contributed by atoms with Gasteiger partial charge >= 0.3 is 0 Å². The highest BCUT2D eigenvalue weighted by Gasteiger charge is 2.13. The summed E-state index contributed by atoms with van der Waals surface area (Å²) in [5, 5.41) is 0.920. The fraction of sp³-hybridized carbons (Fsp3) is 0.900. The van der Waals surface area contributed by atoms with Crippen LogP contribution in [0.25, 0.3) is 0 Å². The highest BCUT2D eigenvalue weighted by Crippen LogP contribution is 2.26. The first-order valence-corrected chi connectivity index (χ1v) is 5.84. The van der Waals surface area contributed by atoms with Gasteiger partial charge in [0.05, 0.1) is 0 Å². The molecule has 0 N–H and O–H groups in total. The minimum absolute atomic E-state index is 0.292. The zero-order valence-corrected chi connectivity index (χ0v) is 8.66. The Morgan fingerprint density at radius 2 is 1.58 bits per heavy atom. The van der Waals surface area contributed by atoms with E-state index in [1.807, 2.05) is 0 Å². The molecule has 0 aromatic rings. The zero-order valence-electron chi connectivity index (χ0n) is 7.84. The van der Waals surface area contributed by atoms with Crippen molar-refractivity contribution in [1.82, 2.24) is 0 Å². The van der Waals surface area contributed by atoms with Crippen molar-refractivity contribution in [2.24, 2.45) is 0 Å². The zero-order chi connectivity index (χ0) is 8.81. The molecule has 0 amide bonds. The van der Waals surface area contributed by atoms with Crippen LogP contribution in [0.2, 0.25) is 0 Å². The van der Waals surface area contributed by atoms with E-state index in [-0.39, 0.29) is 0 Å². The third kappa shape index (κ3) is 4.15. The number of hydrogen-bond acceptors (Lipinski definition) is 2. The fourth-order valence-corrected chi connectivity index (χ4v) is 2.81. The molecular formula is C10H18OS. The van der Waals surface area contributed by atoms with Crippen LogP contribution in [-0.4, -0.2) is 10.4 Å². The van der Waals surface area contributed by atoms with Gasteiger partial charge < -0.3 is 0 Å². The molecule has 12 heavy (non-hydrogen) atoms. The first-order valence-electron chi connectivity index (χ1n) is 4.96. The van der Waals surface area contributed by atoms with Crippen molar-refractivity contribution in [2.45, 2.75) is 57.1 Å². The van der Waals surface area contributed by atoms with E-state index >= 15 is 0 Å². The van der Waals surface area contributed by atoms with Crippen LogP contribution in [0.5, 0.6) is 0 Å². The maximum absolute atomic E-state index is 10.9. The van der Waals surface area contributed by atoms with E-state index in [1.165, 1.54) is 44.9 Å². The third-order valence-corrected chi connectivity index (χ3v) is 3.52. The molecule has 70 valence electrons. The van der Waals surface area contributed by atoms with Gasteiger partial charge in [-0.05, 0) is 12.8 Å². The molecule has 1 aliphatic rings. The molecule has 1 saturated carbocycles. The molecule has 0 aliphatic heterocycles. The van der Waals surface area contributed by atoms with Crippen LogP contribution in [0, 0.1) is 0 Å². The highest BCUT2D eigenvalue weighted by atomic mass is 32.2. The summed E-state index contributed by atoms with van der Waals surface area (Å²) in [5.74, 6) is 0. The summed E-state index contributed by atoms with van der Waals surface area (Å²) >= 11 is 1.56. The molecule has 0 spiro atoms. The van der Waals surface area contributed by atoms with Gasteiger partial charge in [0.2, 0.25) is 0 Å². The van der Waals surface area contributed by atoms with Gasteiger partial charge in [-0.2, -0.15) is 0 Å². The van der Waals surface area contributed by atoms with E-state index in [0.29, 0.717) is 10.4 Å². The summed E-state index contributed by atoms with van der Waals surface area (Å²) < 4.78 is 0. The Morgan fingerprint density at radius 1 is 1.08 bits per heavy atom. The molecule has 0 bridgehead atoms. The standard InChI is InChI=1S/C10H18OS/c1-9(11)12-10-7-5-3-2-4-6-8-10/h10H,2-8H2,1H3. The van der Waals surface area contributed by atoms with E-state index in [1.54, 1.807) is 18.7 Å². The van der Waals surface area contributed by atoms with Crippen molar-refractivity contribution < 1.29 is 4.79 Å². The van der Waals surface area contributed by atoms with Crippen LogP contribution in [0.15, 0.2) is 0 Å². The van der Waals surface area contributed by atoms with Gasteiger partial charge in [-0.3, -0.25) is 4.79 Å². The summed E-state index contributed by atoms with van der Waals surface area (Å²) in [6, 6.07) is 0. The molecule has 1 nitrogen and oxygen atoms in total. The van der Waals surface area contributed by atoms with Gasteiger partial charge in [0, 0.05) is 12.2 Å². The van der Waals surface area contributed by atoms with Gasteiger partial charge in [-0.1, -0.05) is 43.9 Å². The maximum Gasteiger partial charge on any atom is 0.186 e. The molecule has 0 atom stereocenters. The van der Waals surface area contributed by atoms with Crippen molar-refractivity contribution in [2.75, 3.05) is 0 Å². The second-order valence-corrected chi connectivity index (χ2v) is 5.05. The maximum atomic E-state index is 10.9. The van der Waals surface area contributed by atoms with E-state index in [9.17, 15) is 4.79 Å². The summed E-state index contributed by atoms with van der Waals surface area (Å²) in [4.78, 5) is 10.9. The van der Waals surface area contributed by atoms with Crippen molar-refractivity contribution in [1.29, 1.82) is 0 Å². The first-order chi connectivity index (χ1) is 5.79. The molecule has 0 unspecified atom stereocenters. The minimum atomic E-state index is 0.292. The quantitative estimate of drug-likeness (QED) is 0.624. The molecule has 0 aromatic carbocycles. The molecule has 2 heteroatoms. The number of rotatable bonds is 1. The SMILES string of the molecule is CC(=O)SC1CCCCCCC1. The number of thioether (sulfide) groups is 1. The normalized spacial score (nSPS) is 21.4. The smallest absolute Gasteiger partial charge is 0.186 e. The van der Waals surface area contributed by atoms with E-state index in [2.05, 4.69) is 0 Å². The molecule has 1 aliphatic carbocycles. The number of carbonyl (C=O) groups excluding carboxylic acids is 1. The fourth-order valence-electron chi connectivity index (χ4n) is 1.77. The first kappa shape index (κ1) is 10.1. The lowest BCUT2D eigenvalue weighted by molar-refractivity contribution is -0.109. The molecule has 1 rings (SSSR count). The Balaban J connectivity index is 2.24. The Morgan fingerprint density at radius 3 is 2.08 bits per heavy atom. The molecular weight excluding hydrogens is 168 g/mol. The van der Waals surface area contributed by atoms with Crippen molar-refractivity contribution in [3.63, 3.8) is 0 Å². The monoisotopic (exact) mass is 186 g/mol. The van der Waals surface area contributed by atoms with Crippen LogP contribution >= 0.6 is 11.8 Å². The summed E-state index contributed by atoms with van der Waals surface area (Å²) in [5.41, 5.74) is 0. The topological polar surface area (TPSA) is 17.1 Å². The Labute approximate surface area is 79.3 Å². The minimum Gasteiger partial charge on any atom is -0.288 e. The van der Waals surface area contributed by atoms with Gasteiger partial charge in [-0.15, -0.1) is 0 Å². The van der Waals surface area contributed by atoms with Gasteiger partial charge in [-0.25, -0.2) is 0 Å². The molecule has 0 aromatic heterocycles. The number of carbonyl (C=O) groups is 1. The lowest BCUT2D eigenvalue weighted by atomic mass is 10.0. The van der Waals surface area contributed by atoms with Crippen LogP contribution in [-0.2, 0) is 4.79 Å². The third-order valence-electron chi connectivity index (χ3n) is 2.38. The second-order valence-electron chi connectivity index (χ2n) is 3.58. The molecule has 1 fully saturated rings. The van der Waals surface area contributed by atoms with E-state index in [0.717, 1.165) is 0 Å². The van der Waals surface area contributed by atoms with Crippen molar-refractivity contribution >= 4 is 16.9 Å². The number of hydrogen-bond donors (Lipinski definition) is 0. The molecule has 0 heterocycles. The van der Waals surface area contributed by atoms with E-state index < -0.39 is 0 Å². The predicted molar refractivity (Wildman–Crippen MR) is 54.4 cm³/mol. The van der Waals surface area contributed by atoms with Crippen LogP contribution in [0.3, 0.4) is 0 Å². The Kier molecular flexibility index (Phi) is 4.74. The molecule has 0 saturated heterocycles. The average molecular weight is 186 g/mol. The predicted octanol–water partition coefficient (Wildman–Crippen LogP) is 3.38. The van der Waals surface area contributed by atoms with Crippen LogP contribution in [0.1, 0.15) is 51.9 Å². The van der Waals surface area contributed by atoms with Crippen LogP contribution < -0.4 is 0 Å². The van der Waals surface area contributed by atoms with Crippen molar-refractivity contribution in [3.8, 4) is 0 Å². The van der Waals surface area contributed by atoms with Crippen molar-refractivity contribution in [3.05, 3.63) is 0 Å². The van der Waals surface area contributed by atoms with Crippen LogP contribution in [0.4, 0.5) is 0 Å². The Bertz CT molecular complexity index is 137. The van der Waals surface area contributed by atoms with E-state index in [4.69, 9.17) is 0 Å². The lowest BCUT2D eigenvalue weighted by Crippen LogP contribution is -2.07. The second kappa shape index (κ2) is 5.63. The Hall–Kier alpha value is 0.0200. The summed E-state index contributed by atoms with van der Waals surface area (Å²) in [6.45, 7) is 1.68. The van der Waals surface area contributed by atoms with Gasteiger partial charge in [0.15, 0.2) is 5.12 Å². The average Bonchev–Trinajstić information content (AvgIpc) is 1.93.